The van der Waals surface area contributed by atoms with Gasteiger partial charge >= 0.3 is 0 Å². The van der Waals surface area contributed by atoms with Crippen LogP contribution in [-0.2, 0) is 0 Å². The lowest BCUT2D eigenvalue weighted by Gasteiger charge is -2.16. The van der Waals surface area contributed by atoms with E-state index in [1.165, 1.54) is 9.75 Å². The van der Waals surface area contributed by atoms with Crippen LogP contribution in [0.2, 0.25) is 0 Å². The molecule has 1 aromatic carbocycles. The van der Waals surface area contributed by atoms with Crippen molar-refractivity contribution in [1.29, 1.82) is 0 Å². The molecule has 0 radical (unpaired) electrons. The van der Waals surface area contributed by atoms with E-state index in [2.05, 4.69) is 31.3 Å². The number of para-hydroxylation sites is 2. The van der Waals surface area contributed by atoms with Gasteiger partial charge in [0, 0.05) is 9.75 Å². The maximum absolute atomic E-state index is 5.33. The smallest absolute Gasteiger partial charge is 0.141 e. The minimum absolute atomic E-state index is 0.296. The average Bonchev–Trinajstić information content (AvgIpc) is 2.77. The topological polar surface area (TPSA) is 21.3 Å². The first kappa shape index (κ1) is 12.0. The van der Waals surface area contributed by atoms with Gasteiger partial charge in [0.1, 0.15) is 5.75 Å². The fourth-order valence-electron chi connectivity index (χ4n) is 1.75. The van der Waals surface area contributed by atoms with Crippen LogP contribution in [0, 0.1) is 6.92 Å². The van der Waals surface area contributed by atoms with Gasteiger partial charge in [0.05, 0.1) is 18.8 Å². The summed E-state index contributed by atoms with van der Waals surface area (Å²) in [6.07, 6.45) is 0. The molecule has 2 rings (SSSR count). The summed E-state index contributed by atoms with van der Waals surface area (Å²) in [7, 11) is 1.69. The minimum atomic E-state index is 0.296. The van der Waals surface area contributed by atoms with Gasteiger partial charge in [0.15, 0.2) is 0 Å². The van der Waals surface area contributed by atoms with Crippen molar-refractivity contribution in [1.82, 2.24) is 0 Å². The number of ether oxygens (including phenoxy) is 1. The SMILES string of the molecule is COc1ccccc1NC(C)c1ccc(C)s1. The summed E-state index contributed by atoms with van der Waals surface area (Å²) in [5.74, 6) is 0.882. The molecule has 0 saturated carbocycles. The summed E-state index contributed by atoms with van der Waals surface area (Å²) >= 11 is 1.83. The van der Waals surface area contributed by atoms with E-state index < -0.39 is 0 Å². The third-order valence-electron chi connectivity index (χ3n) is 2.67. The molecule has 0 bridgehead atoms. The third kappa shape index (κ3) is 2.80. The maximum atomic E-state index is 5.33. The molecule has 2 aromatic rings. The van der Waals surface area contributed by atoms with E-state index in [4.69, 9.17) is 4.74 Å². The number of aryl methyl sites for hydroxylation is 1. The Labute approximate surface area is 106 Å². The average molecular weight is 247 g/mol. The zero-order valence-corrected chi connectivity index (χ0v) is 11.2. The molecule has 17 heavy (non-hydrogen) atoms. The Morgan fingerprint density at radius 3 is 2.59 bits per heavy atom. The standard InChI is InChI=1S/C14H17NOS/c1-10-8-9-14(17-10)11(2)15-12-6-4-5-7-13(12)16-3/h4-9,11,15H,1-3H3. The predicted octanol–water partition coefficient (Wildman–Crippen LogP) is 4.24. The van der Waals surface area contributed by atoms with Crippen LogP contribution >= 0.6 is 11.3 Å². The molecular formula is C14H17NOS. The molecule has 0 aliphatic rings. The number of anilines is 1. The molecular weight excluding hydrogens is 230 g/mol. The lowest BCUT2D eigenvalue weighted by Crippen LogP contribution is -2.05. The fraction of sp³-hybridized carbons (Fsp3) is 0.286. The summed E-state index contributed by atoms with van der Waals surface area (Å²) in [5.41, 5.74) is 1.04. The second-order valence-corrected chi connectivity index (χ2v) is 5.33. The van der Waals surface area contributed by atoms with E-state index in [-0.39, 0.29) is 0 Å². The van der Waals surface area contributed by atoms with Gasteiger partial charge in [0.2, 0.25) is 0 Å². The number of nitrogens with one attached hydrogen (secondary N) is 1. The molecule has 0 saturated heterocycles. The van der Waals surface area contributed by atoms with Crippen molar-refractivity contribution in [2.75, 3.05) is 12.4 Å². The van der Waals surface area contributed by atoms with E-state index in [0.717, 1.165) is 11.4 Å². The van der Waals surface area contributed by atoms with Crippen molar-refractivity contribution >= 4 is 17.0 Å². The van der Waals surface area contributed by atoms with Gasteiger partial charge < -0.3 is 10.1 Å². The van der Waals surface area contributed by atoms with Gasteiger partial charge in [-0.2, -0.15) is 0 Å². The molecule has 0 amide bonds. The third-order valence-corrected chi connectivity index (χ3v) is 3.85. The molecule has 2 nitrogen and oxygen atoms in total. The van der Waals surface area contributed by atoms with Crippen molar-refractivity contribution < 1.29 is 4.74 Å². The molecule has 0 aliphatic heterocycles. The van der Waals surface area contributed by atoms with Crippen LogP contribution in [0.3, 0.4) is 0 Å². The van der Waals surface area contributed by atoms with Gasteiger partial charge in [0.25, 0.3) is 0 Å². The Hall–Kier alpha value is -1.48. The molecule has 0 fully saturated rings. The van der Waals surface area contributed by atoms with Crippen molar-refractivity contribution in [3.05, 3.63) is 46.2 Å². The van der Waals surface area contributed by atoms with Crippen LogP contribution in [0.1, 0.15) is 22.7 Å². The second-order valence-electron chi connectivity index (χ2n) is 4.01. The monoisotopic (exact) mass is 247 g/mol. The zero-order valence-electron chi connectivity index (χ0n) is 10.4. The first-order valence-electron chi connectivity index (χ1n) is 5.66. The highest BCUT2D eigenvalue weighted by Crippen LogP contribution is 2.30. The van der Waals surface area contributed by atoms with Crippen molar-refractivity contribution in [2.24, 2.45) is 0 Å². The molecule has 1 N–H and O–H groups in total. The molecule has 1 heterocycles. The Balaban J connectivity index is 2.15. The first-order valence-corrected chi connectivity index (χ1v) is 6.48. The number of rotatable bonds is 4. The zero-order chi connectivity index (χ0) is 12.3. The number of benzene rings is 1. The van der Waals surface area contributed by atoms with E-state index >= 15 is 0 Å². The summed E-state index contributed by atoms with van der Waals surface area (Å²) in [5, 5.41) is 3.48. The lowest BCUT2D eigenvalue weighted by molar-refractivity contribution is 0.416. The highest BCUT2D eigenvalue weighted by Gasteiger charge is 2.09. The first-order chi connectivity index (χ1) is 8.20. The van der Waals surface area contributed by atoms with Crippen LogP contribution in [0.5, 0.6) is 5.75 Å². The number of methoxy groups -OCH3 is 1. The van der Waals surface area contributed by atoms with Crippen LogP contribution in [-0.4, -0.2) is 7.11 Å². The van der Waals surface area contributed by atoms with Gasteiger partial charge in [-0.15, -0.1) is 11.3 Å². The second kappa shape index (κ2) is 5.23. The van der Waals surface area contributed by atoms with Gasteiger partial charge in [-0.05, 0) is 38.1 Å². The fourth-order valence-corrected chi connectivity index (χ4v) is 2.63. The van der Waals surface area contributed by atoms with Gasteiger partial charge in [-0.1, -0.05) is 12.1 Å². The number of hydrogen-bond acceptors (Lipinski definition) is 3. The molecule has 90 valence electrons. The lowest BCUT2D eigenvalue weighted by atomic mass is 10.2. The van der Waals surface area contributed by atoms with Crippen LogP contribution in [0.25, 0.3) is 0 Å². The van der Waals surface area contributed by atoms with Crippen molar-refractivity contribution in [3.8, 4) is 5.75 Å². The quantitative estimate of drug-likeness (QED) is 0.872. The van der Waals surface area contributed by atoms with E-state index in [9.17, 15) is 0 Å². The minimum Gasteiger partial charge on any atom is -0.495 e. The molecule has 1 unspecified atom stereocenters. The van der Waals surface area contributed by atoms with Crippen LogP contribution < -0.4 is 10.1 Å². The molecule has 0 aliphatic carbocycles. The van der Waals surface area contributed by atoms with E-state index in [1.54, 1.807) is 7.11 Å². The van der Waals surface area contributed by atoms with E-state index in [1.807, 2.05) is 35.6 Å². The Kier molecular flexibility index (Phi) is 3.69. The normalized spacial score (nSPS) is 12.2. The predicted molar refractivity (Wildman–Crippen MR) is 74.1 cm³/mol. The molecule has 3 heteroatoms. The van der Waals surface area contributed by atoms with Gasteiger partial charge in [-0.3, -0.25) is 0 Å². The summed E-state index contributed by atoms with van der Waals surface area (Å²) < 4.78 is 5.33. The highest BCUT2D eigenvalue weighted by atomic mass is 32.1. The molecule has 1 atom stereocenters. The Morgan fingerprint density at radius 2 is 1.94 bits per heavy atom. The van der Waals surface area contributed by atoms with E-state index in [0.29, 0.717) is 6.04 Å². The van der Waals surface area contributed by atoms with Crippen LogP contribution in [0.15, 0.2) is 36.4 Å². The number of hydrogen-bond donors (Lipinski definition) is 1. The Morgan fingerprint density at radius 1 is 1.18 bits per heavy atom. The largest absolute Gasteiger partial charge is 0.495 e. The van der Waals surface area contributed by atoms with Gasteiger partial charge in [-0.25, -0.2) is 0 Å². The Bertz CT molecular complexity index is 492. The molecule has 0 spiro atoms. The maximum Gasteiger partial charge on any atom is 0.141 e. The number of thiophene rings is 1. The molecule has 1 aromatic heterocycles. The summed E-state index contributed by atoms with van der Waals surface area (Å²) in [6.45, 7) is 4.29. The van der Waals surface area contributed by atoms with Crippen molar-refractivity contribution in [2.45, 2.75) is 19.9 Å². The van der Waals surface area contributed by atoms with Crippen molar-refractivity contribution in [3.63, 3.8) is 0 Å². The summed E-state index contributed by atoms with van der Waals surface area (Å²) in [4.78, 5) is 2.68. The van der Waals surface area contributed by atoms with Crippen LogP contribution in [0.4, 0.5) is 5.69 Å². The summed E-state index contributed by atoms with van der Waals surface area (Å²) in [6, 6.07) is 12.6. The highest BCUT2D eigenvalue weighted by molar-refractivity contribution is 7.12.